The summed E-state index contributed by atoms with van der Waals surface area (Å²) in [5, 5.41) is 10.2. The zero-order chi connectivity index (χ0) is 11.7. The molecule has 88 valence electrons. The van der Waals surface area contributed by atoms with E-state index in [1.807, 2.05) is 6.92 Å². The standard InChI is InChI=1S/C13H16ClFO/c1-8-9(5-6-13(8)16)7-10-11(14)3-2-4-12(10)15/h2-4,8-9,13,16H,5-7H2,1H3. The molecule has 0 radical (unpaired) electrons. The predicted molar refractivity (Wildman–Crippen MR) is 63.0 cm³/mol. The molecule has 0 aromatic heterocycles. The van der Waals surface area contributed by atoms with Gasteiger partial charge in [-0.05, 0) is 43.2 Å². The van der Waals surface area contributed by atoms with E-state index in [1.54, 1.807) is 12.1 Å². The Bertz CT molecular complexity index is 360. The van der Waals surface area contributed by atoms with Crippen LogP contribution in [0.1, 0.15) is 25.3 Å². The smallest absolute Gasteiger partial charge is 0.127 e. The van der Waals surface area contributed by atoms with Crippen LogP contribution in [0.25, 0.3) is 0 Å². The zero-order valence-corrected chi connectivity index (χ0v) is 10.0. The molecule has 3 unspecified atom stereocenters. The summed E-state index contributed by atoms with van der Waals surface area (Å²) in [6.07, 6.45) is 2.16. The normalized spacial score (nSPS) is 29.6. The minimum atomic E-state index is -0.240. The maximum atomic E-state index is 13.6. The Kier molecular flexibility index (Phi) is 3.50. The Morgan fingerprint density at radius 1 is 1.44 bits per heavy atom. The maximum Gasteiger partial charge on any atom is 0.127 e. The van der Waals surface area contributed by atoms with Gasteiger partial charge in [0, 0.05) is 10.6 Å². The molecular weight excluding hydrogens is 227 g/mol. The molecule has 0 aliphatic heterocycles. The van der Waals surface area contributed by atoms with Crippen LogP contribution in [0.3, 0.4) is 0 Å². The van der Waals surface area contributed by atoms with Crippen LogP contribution >= 0.6 is 11.6 Å². The van der Waals surface area contributed by atoms with Gasteiger partial charge in [0.05, 0.1) is 6.10 Å². The quantitative estimate of drug-likeness (QED) is 0.843. The molecule has 0 heterocycles. The largest absolute Gasteiger partial charge is 0.393 e. The summed E-state index contributed by atoms with van der Waals surface area (Å²) < 4.78 is 13.6. The fourth-order valence-corrected chi connectivity index (χ4v) is 2.74. The number of halogens is 2. The molecule has 16 heavy (non-hydrogen) atoms. The first-order valence-electron chi connectivity index (χ1n) is 5.70. The SMILES string of the molecule is CC1C(O)CCC1Cc1c(F)cccc1Cl. The van der Waals surface area contributed by atoms with Crippen molar-refractivity contribution in [1.29, 1.82) is 0 Å². The molecule has 0 bridgehead atoms. The van der Waals surface area contributed by atoms with Gasteiger partial charge in [-0.3, -0.25) is 0 Å². The fourth-order valence-electron chi connectivity index (χ4n) is 2.50. The zero-order valence-electron chi connectivity index (χ0n) is 9.29. The third kappa shape index (κ3) is 2.23. The molecule has 1 N–H and O–H groups in total. The summed E-state index contributed by atoms with van der Waals surface area (Å²) in [6, 6.07) is 4.78. The third-order valence-corrected chi connectivity index (χ3v) is 4.07. The van der Waals surface area contributed by atoms with Crippen LogP contribution in [0.2, 0.25) is 5.02 Å². The number of hydrogen-bond acceptors (Lipinski definition) is 1. The lowest BCUT2D eigenvalue weighted by Gasteiger charge is -2.18. The lowest BCUT2D eigenvalue weighted by atomic mass is 9.90. The van der Waals surface area contributed by atoms with Crippen LogP contribution in [-0.4, -0.2) is 11.2 Å². The average Bonchev–Trinajstić information content (AvgIpc) is 2.55. The van der Waals surface area contributed by atoms with Gasteiger partial charge >= 0.3 is 0 Å². The third-order valence-electron chi connectivity index (χ3n) is 3.71. The van der Waals surface area contributed by atoms with Crippen molar-refractivity contribution in [3.05, 3.63) is 34.6 Å². The molecule has 2 rings (SSSR count). The number of aliphatic hydroxyl groups excluding tert-OH is 1. The molecule has 1 aromatic rings. The Hall–Kier alpha value is -0.600. The minimum Gasteiger partial charge on any atom is -0.393 e. The molecule has 1 fully saturated rings. The van der Waals surface area contributed by atoms with Gasteiger partial charge in [-0.2, -0.15) is 0 Å². The fraction of sp³-hybridized carbons (Fsp3) is 0.538. The first kappa shape index (κ1) is 11.9. The molecule has 1 aliphatic carbocycles. The van der Waals surface area contributed by atoms with Gasteiger partial charge in [0.15, 0.2) is 0 Å². The van der Waals surface area contributed by atoms with Gasteiger partial charge in [-0.15, -0.1) is 0 Å². The molecule has 3 atom stereocenters. The van der Waals surface area contributed by atoms with Crippen molar-refractivity contribution in [2.45, 2.75) is 32.3 Å². The summed E-state index contributed by atoms with van der Waals surface area (Å²) in [7, 11) is 0. The van der Waals surface area contributed by atoms with E-state index in [0.29, 0.717) is 22.9 Å². The minimum absolute atomic E-state index is 0.232. The van der Waals surface area contributed by atoms with Gasteiger partial charge in [0.25, 0.3) is 0 Å². The van der Waals surface area contributed by atoms with Gasteiger partial charge in [0.1, 0.15) is 5.82 Å². The molecular formula is C13H16ClFO. The van der Waals surface area contributed by atoms with Crippen molar-refractivity contribution in [1.82, 2.24) is 0 Å². The second-order valence-electron chi connectivity index (χ2n) is 4.67. The Balaban J connectivity index is 2.15. The monoisotopic (exact) mass is 242 g/mol. The summed E-state index contributed by atoms with van der Waals surface area (Å²) in [5.74, 6) is 0.334. The lowest BCUT2D eigenvalue weighted by molar-refractivity contribution is 0.127. The number of hydrogen-bond donors (Lipinski definition) is 1. The van der Waals surface area contributed by atoms with E-state index in [0.717, 1.165) is 12.8 Å². The van der Waals surface area contributed by atoms with E-state index in [1.165, 1.54) is 6.07 Å². The van der Waals surface area contributed by atoms with Crippen LogP contribution in [0.4, 0.5) is 4.39 Å². The summed E-state index contributed by atoms with van der Waals surface area (Å²) in [4.78, 5) is 0. The number of rotatable bonds is 2. The van der Waals surface area contributed by atoms with E-state index in [9.17, 15) is 9.50 Å². The van der Waals surface area contributed by atoms with Crippen molar-refractivity contribution in [2.24, 2.45) is 11.8 Å². The highest BCUT2D eigenvalue weighted by Crippen LogP contribution is 2.36. The van der Waals surface area contributed by atoms with Crippen LogP contribution in [0.15, 0.2) is 18.2 Å². The molecule has 0 amide bonds. The first-order chi connectivity index (χ1) is 7.59. The van der Waals surface area contributed by atoms with Crippen LogP contribution in [-0.2, 0) is 6.42 Å². The highest BCUT2D eigenvalue weighted by molar-refractivity contribution is 6.31. The summed E-state index contributed by atoms with van der Waals surface area (Å²) in [5.41, 5.74) is 0.593. The van der Waals surface area contributed by atoms with Crippen molar-refractivity contribution in [3.8, 4) is 0 Å². The second kappa shape index (κ2) is 4.72. The van der Waals surface area contributed by atoms with E-state index in [2.05, 4.69) is 0 Å². The molecule has 0 saturated heterocycles. The molecule has 1 aromatic carbocycles. The molecule has 0 spiro atoms. The van der Waals surface area contributed by atoms with Crippen molar-refractivity contribution < 1.29 is 9.50 Å². The molecule has 1 nitrogen and oxygen atoms in total. The highest BCUT2D eigenvalue weighted by atomic mass is 35.5. The predicted octanol–water partition coefficient (Wildman–Crippen LogP) is 3.43. The van der Waals surface area contributed by atoms with E-state index >= 15 is 0 Å². The average molecular weight is 243 g/mol. The van der Waals surface area contributed by atoms with Gasteiger partial charge < -0.3 is 5.11 Å². The van der Waals surface area contributed by atoms with Crippen molar-refractivity contribution >= 4 is 11.6 Å². The Morgan fingerprint density at radius 2 is 2.19 bits per heavy atom. The van der Waals surface area contributed by atoms with Crippen molar-refractivity contribution in [3.63, 3.8) is 0 Å². The summed E-state index contributed by atoms with van der Waals surface area (Å²) >= 11 is 5.99. The topological polar surface area (TPSA) is 20.2 Å². The molecule has 1 aliphatic rings. The lowest BCUT2D eigenvalue weighted by Crippen LogP contribution is -2.17. The van der Waals surface area contributed by atoms with E-state index < -0.39 is 0 Å². The number of aliphatic hydroxyl groups is 1. The van der Waals surface area contributed by atoms with Crippen LogP contribution in [0.5, 0.6) is 0 Å². The number of benzene rings is 1. The highest BCUT2D eigenvalue weighted by Gasteiger charge is 2.32. The van der Waals surface area contributed by atoms with Crippen LogP contribution in [0, 0.1) is 17.7 Å². The van der Waals surface area contributed by atoms with Gasteiger partial charge in [-0.25, -0.2) is 4.39 Å². The Labute approximate surface area is 100 Å². The van der Waals surface area contributed by atoms with Crippen LogP contribution < -0.4 is 0 Å². The van der Waals surface area contributed by atoms with Crippen molar-refractivity contribution in [2.75, 3.05) is 0 Å². The first-order valence-corrected chi connectivity index (χ1v) is 6.08. The maximum absolute atomic E-state index is 13.6. The second-order valence-corrected chi connectivity index (χ2v) is 5.08. The molecule has 3 heteroatoms. The van der Waals surface area contributed by atoms with Gasteiger partial charge in [-0.1, -0.05) is 24.6 Å². The Morgan fingerprint density at radius 3 is 2.75 bits per heavy atom. The van der Waals surface area contributed by atoms with E-state index in [-0.39, 0.29) is 17.8 Å². The summed E-state index contributed by atoms with van der Waals surface area (Å²) in [6.45, 7) is 2.02. The molecule has 1 saturated carbocycles. The van der Waals surface area contributed by atoms with E-state index in [4.69, 9.17) is 11.6 Å². The van der Waals surface area contributed by atoms with Gasteiger partial charge in [0.2, 0.25) is 0 Å².